The maximum absolute atomic E-state index is 13.2. The number of aryl methyl sites for hydroxylation is 1. The van der Waals surface area contributed by atoms with Gasteiger partial charge >= 0.3 is 0 Å². The molecule has 0 aromatic heterocycles. The molecule has 0 saturated heterocycles. The average Bonchev–Trinajstić information content (AvgIpc) is 2.73. The second-order valence-electron chi connectivity index (χ2n) is 6.18. The zero-order valence-electron chi connectivity index (χ0n) is 15.6. The van der Waals surface area contributed by atoms with Gasteiger partial charge in [-0.25, -0.2) is 0 Å². The Hall–Kier alpha value is -3.27. The summed E-state index contributed by atoms with van der Waals surface area (Å²) in [5.41, 5.74) is 2.45. The van der Waals surface area contributed by atoms with Crippen molar-refractivity contribution in [3.05, 3.63) is 89.5 Å². The Labute approximate surface area is 159 Å². The summed E-state index contributed by atoms with van der Waals surface area (Å²) in [4.78, 5) is 13.2. The van der Waals surface area contributed by atoms with Crippen molar-refractivity contribution < 1.29 is 19.0 Å². The van der Waals surface area contributed by atoms with Gasteiger partial charge in [0.25, 0.3) is 0 Å². The second kappa shape index (κ2) is 8.41. The molecule has 3 aromatic carbocycles. The fourth-order valence-corrected chi connectivity index (χ4v) is 2.71. The Morgan fingerprint density at radius 2 is 1.19 bits per heavy atom. The van der Waals surface area contributed by atoms with E-state index in [1.54, 1.807) is 38.5 Å². The molecule has 3 aromatic rings. The number of methoxy groups -OCH3 is 2. The lowest BCUT2D eigenvalue weighted by molar-refractivity contribution is 0.0792. The summed E-state index contributed by atoms with van der Waals surface area (Å²) < 4.78 is 16.5. The van der Waals surface area contributed by atoms with E-state index in [9.17, 15) is 4.79 Å². The SMILES string of the molecule is COc1ccc(C(=O)C(Oc2ccc(C)cc2)c2ccc(OC)cc2)cc1. The first kappa shape index (κ1) is 18.5. The van der Waals surface area contributed by atoms with Gasteiger partial charge in [0.2, 0.25) is 5.78 Å². The molecule has 0 radical (unpaired) electrons. The molecule has 1 atom stereocenters. The van der Waals surface area contributed by atoms with Crippen LogP contribution in [0.15, 0.2) is 72.8 Å². The average molecular weight is 362 g/mol. The van der Waals surface area contributed by atoms with E-state index < -0.39 is 6.10 Å². The summed E-state index contributed by atoms with van der Waals surface area (Å²) in [6.45, 7) is 2.01. The van der Waals surface area contributed by atoms with E-state index in [1.165, 1.54) is 0 Å². The Kier molecular flexibility index (Phi) is 5.77. The third-order valence-corrected chi connectivity index (χ3v) is 4.31. The highest BCUT2D eigenvalue weighted by molar-refractivity contribution is 6.00. The van der Waals surface area contributed by atoms with Crippen molar-refractivity contribution in [2.24, 2.45) is 0 Å². The lowest BCUT2D eigenvalue weighted by Gasteiger charge is -2.19. The molecular formula is C23H22O4. The third-order valence-electron chi connectivity index (χ3n) is 4.31. The van der Waals surface area contributed by atoms with Crippen LogP contribution in [0.4, 0.5) is 0 Å². The first-order chi connectivity index (χ1) is 13.1. The van der Waals surface area contributed by atoms with E-state index in [1.807, 2.05) is 55.5 Å². The number of Topliss-reactive ketones (excluding diaryl/α,β-unsaturated/α-hetero) is 1. The molecule has 0 aliphatic heterocycles. The summed E-state index contributed by atoms with van der Waals surface area (Å²) in [6.07, 6.45) is -0.757. The number of ether oxygens (including phenoxy) is 3. The number of rotatable bonds is 7. The Balaban J connectivity index is 1.93. The van der Waals surface area contributed by atoms with Crippen molar-refractivity contribution in [1.29, 1.82) is 0 Å². The molecule has 0 saturated carbocycles. The van der Waals surface area contributed by atoms with Crippen LogP contribution in [0.3, 0.4) is 0 Å². The number of carbonyl (C=O) groups is 1. The van der Waals surface area contributed by atoms with Crippen molar-refractivity contribution in [3.8, 4) is 17.2 Å². The van der Waals surface area contributed by atoms with Gasteiger partial charge in [-0.2, -0.15) is 0 Å². The highest BCUT2D eigenvalue weighted by Crippen LogP contribution is 2.28. The molecule has 0 fully saturated rings. The molecule has 0 amide bonds. The predicted octanol–water partition coefficient (Wildman–Crippen LogP) is 5.02. The minimum atomic E-state index is -0.757. The van der Waals surface area contributed by atoms with E-state index in [0.29, 0.717) is 17.1 Å². The van der Waals surface area contributed by atoms with E-state index in [4.69, 9.17) is 14.2 Å². The Morgan fingerprint density at radius 1 is 0.704 bits per heavy atom. The number of carbonyl (C=O) groups excluding carboxylic acids is 1. The molecule has 0 spiro atoms. The topological polar surface area (TPSA) is 44.8 Å². The highest BCUT2D eigenvalue weighted by atomic mass is 16.5. The van der Waals surface area contributed by atoms with Crippen LogP contribution in [0.2, 0.25) is 0 Å². The number of hydrogen-bond acceptors (Lipinski definition) is 4. The standard InChI is InChI=1S/C23H22O4/c1-16-4-10-21(11-5-16)27-23(18-8-14-20(26-3)15-9-18)22(24)17-6-12-19(25-2)13-7-17/h4-15,23H,1-3H3. The molecule has 0 bridgehead atoms. The van der Waals surface area contributed by atoms with Crippen molar-refractivity contribution in [1.82, 2.24) is 0 Å². The molecule has 0 aliphatic carbocycles. The fraction of sp³-hybridized carbons (Fsp3) is 0.174. The normalized spacial score (nSPS) is 11.5. The maximum Gasteiger partial charge on any atom is 0.207 e. The first-order valence-electron chi connectivity index (χ1n) is 8.66. The minimum Gasteiger partial charge on any atom is -0.497 e. The Bertz CT molecular complexity index is 881. The summed E-state index contributed by atoms with van der Waals surface area (Å²) in [7, 11) is 3.20. The lowest BCUT2D eigenvalue weighted by atomic mass is 9.99. The van der Waals surface area contributed by atoms with Crippen LogP contribution in [0.25, 0.3) is 0 Å². The van der Waals surface area contributed by atoms with Crippen molar-refractivity contribution >= 4 is 5.78 Å². The zero-order valence-corrected chi connectivity index (χ0v) is 15.6. The Morgan fingerprint density at radius 3 is 1.70 bits per heavy atom. The predicted molar refractivity (Wildman–Crippen MR) is 105 cm³/mol. The summed E-state index contributed by atoms with van der Waals surface area (Å²) in [6, 6.07) is 22.0. The maximum atomic E-state index is 13.2. The third kappa shape index (κ3) is 4.47. The minimum absolute atomic E-state index is 0.122. The van der Waals surface area contributed by atoms with Gasteiger partial charge in [0.15, 0.2) is 6.10 Å². The van der Waals surface area contributed by atoms with Gasteiger partial charge in [-0.05, 0) is 55.5 Å². The van der Waals surface area contributed by atoms with Gasteiger partial charge < -0.3 is 14.2 Å². The monoisotopic (exact) mass is 362 g/mol. The van der Waals surface area contributed by atoms with Crippen molar-refractivity contribution in [2.75, 3.05) is 14.2 Å². The van der Waals surface area contributed by atoms with Crippen LogP contribution in [0.5, 0.6) is 17.2 Å². The van der Waals surface area contributed by atoms with Gasteiger partial charge in [-0.3, -0.25) is 4.79 Å². The van der Waals surface area contributed by atoms with E-state index in [0.717, 1.165) is 16.9 Å². The van der Waals surface area contributed by atoms with Crippen molar-refractivity contribution in [2.45, 2.75) is 13.0 Å². The molecule has 0 heterocycles. The van der Waals surface area contributed by atoms with Crippen LogP contribution < -0.4 is 14.2 Å². The van der Waals surface area contributed by atoms with Crippen LogP contribution in [-0.4, -0.2) is 20.0 Å². The molecule has 4 nitrogen and oxygen atoms in total. The number of ketones is 1. The van der Waals surface area contributed by atoms with Crippen LogP contribution in [-0.2, 0) is 0 Å². The molecule has 0 N–H and O–H groups in total. The molecule has 3 rings (SSSR count). The quantitative estimate of drug-likeness (QED) is 0.554. The largest absolute Gasteiger partial charge is 0.497 e. The smallest absolute Gasteiger partial charge is 0.207 e. The first-order valence-corrected chi connectivity index (χ1v) is 8.66. The molecular weight excluding hydrogens is 340 g/mol. The van der Waals surface area contributed by atoms with E-state index in [2.05, 4.69) is 0 Å². The van der Waals surface area contributed by atoms with E-state index in [-0.39, 0.29) is 5.78 Å². The number of hydrogen-bond donors (Lipinski definition) is 0. The number of benzene rings is 3. The van der Waals surface area contributed by atoms with E-state index >= 15 is 0 Å². The molecule has 4 heteroatoms. The van der Waals surface area contributed by atoms with Gasteiger partial charge in [0.1, 0.15) is 17.2 Å². The fourth-order valence-electron chi connectivity index (χ4n) is 2.71. The highest BCUT2D eigenvalue weighted by Gasteiger charge is 2.24. The summed E-state index contributed by atoms with van der Waals surface area (Å²) in [5.74, 6) is 1.95. The van der Waals surface area contributed by atoms with Crippen molar-refractivity contribution in [3.63, 3.8) is 0 Å². The second-order valence-corrected chi connectivity index (χ2v) is 6.18. The van der Waals surface area contributed by atoms with Crippen LogP contribution >= 0.6 is 0 Å². The van der Waals surface area contributed by atoms with Gasteiger partial charge in [0.05, 0.1) is 14.2 Å². The molecule has 138 valence electrons. The van der Waals surface area contributed by atoms with Crippen LogP contribution in [0, 0.1) is 6.92 Å². The van der Waals surface area contributed by atoms with Gasteiger partial charge in [0, 0.05) is 11.1 Å². The zero-order chi connectivity index (χ0) is 19.2. The van der Waals surface area contributed by atoms with Gasteiger partial charge in [-0.1, -0.05) is 29.8 Å². The summed E-state index contributed by atoms with van der Waals surface area (Å²) >= 11 is 0. The molecule has 27 heavy (non-hydrogen) atoms. The molecule has 1 unspecified atom stereocenters. The van der Waals surface area contributed by atoms with Crippen LogP contribution in [0.1, 0.15) is 27.6 Å². The summed E-state index contributed by atoms with van der Waals surface area (Å²) in [5, 5.41) is 0. The molecule has 0 aliphatic rings. The lowest BCUT2D eigenvalue weighted by Crippen LogP contribution is -2.19. The van der Waals surface area contributed by atoms with Gasteiger partial charge in [-0.15, -0.1) is 0 Å².